The molecule has 0 atom stereocenters. The maximum absolute atomic E-state index is 12.8. The number of phenolic OH excluding ortho intramolecular Hbond substituents is 1. The van der Waals surface area contributed by atoms with E-state index in [2.05, 4.69) is 0 Å². The highest BCUT2D eigenvalue weighted by Crippen LogP contribution is 2.37. The van der Waals surface area contributed by atoms with Crippen LogP contribution in [0.1, 0.15) is 22.3 Å². The number of aromatic hydroxyl groups is 1. The Morgan fingerprint density at radius 1 is 0.778 bits per heavy atom. The molecule has 7 nitrogen and oxygen atoms in total. The van der Waals surface area contributed by atoms with Crippen LogP contribution >= 0.6 is 0 Å². The minimum atomic E-state index is -0.271. The normalized spacial score (nSPS) is 10.3. The molecule has 7 heteroatoms. The molecule has 0 aliphatic heterocycles. The number of methoxy groups -OCH3 is 5. The van der Waals surface area contributed by atoms with E-state index in [1.54, 1.807) is 25.3 Å². The maximum atomic E-state index is 12.8. The fourth-order valence-electron chi connectivity index (χ4n) is 2.82. The molecular weight excluding hydrogens is 352 g/mol. The van der Waals surface area contributed by atoms with Gasteiger partial charge in [0.2, 0.25) is 0 Å². The monoisotopic (exact) mass is 376 g/mol. The molecule has 0 unspecified atom stereocenters. The number of hydrogen-bond donors (Lipinski definition) is 1. The third kappa shape index (κ3) is 4.36. The van der Waals surface area contributed by atoms with Crippen molar-refractivity contribution in [3.63, 3.8) is 0 Å². The molecule has 2 aromatic rings. The summed E-state index contributed by atoms with van der Waals surface area (Å²) in [5, 5.41) is 10.2. The van der Waals surface area contributed by atoms with Crippen LogP contribution in [0.2, 0.25) is 0 Å². The van der Waals surface area contributed by atoms with Crippen molar-refractivity contribution in [1.82, 2.24) is 0 Å². The number of carbonyl (C=O) groups is 1. The lowest BCUT2D eigenvalue weighted by Gasteiger charge is -2.15. The lowest BCUT2D eigenvalue weighted by atomic mass is 9.99. The molecule has 0 fully saturated rings. The minimum Gasteiger partial charge on any atom is -0.507 e. The molecule has 1 N–H and O–H groups in total. The lowest BCUT2D eigenvalue weighted by Crippen LogP contribution is -2.06. The maximum Gasteiger partial charge on any atom is 0.170 e. The van der Waals surface area contributed by atoms with Gasteiger partial charge in [0.15, 0.2) is 5.78 Å². The molecule has 0 heterocycles. The fraction of sp³-hybridized carbons (Fsp3) is 0.350. The van der Waals surface area contributed by atoms with Crippen LogP contribution in [0.3, 0.4) is 0 Å². The third-order valence-electron chi connectivity index (χ3n) is 4.21. The Morgan fingerprint density at radius 2 is 1.26 bits per heavy atom. The number of ketones is 1. The van der Waals surface area contributed by atoms with Gasteiger partial charge in [-0.15, -0.1) is 0 Å². The number of hydrogen-bond acceptors (Lipinski definition) is 7. The summed E-state index contributed by atoms with van der Waals surface area (Å²) in [5.41, 5.74) is 0.853. The highest BCUT2D eigenvalue weighted by molar-refractivity contribution is 6.01. The fourth-order valence-corrected chi connectivity index (χ4v) is 2.82. The van der Waals surface area contributed by atoms with Crippen LogP contribution in [0.15, 0.2) is 24.3 Å². The summed E-state index contributed by atoms with van der Waals surface area (Å²) in [5.74, 6) is 1.91. The highest BCUT2D eigenvalue weighted by Gasteiger charge is 2.21. The van der Waals surface area contributed by atoms with Gasteiger partial charge in [-0.3, -0.25) is 4.79 Å². The zero-order valence-corrected chi connectivity index (χ0v) is 16.1. The molecule has 0 aliphatic carbocycles. The van der Waals surface area contributed by atoms with Crippen LogP contribution in [-0.4, -0.2) is 46.4 Å². The zero-order valence-electron chi connectivity index (χ0n) is 16.1. The van der Waals surface area contributed by atoms with Crippen molar-refractivity contribution in [3.05, 3.63) is 35.4 Å². The first kappa shape index (κ1) is 20.2. The van der Waals surface area contributed by atoms with Gasteiger partial charge < -0.3 is 28.8 Å². The number of benzene rings is 2. The average Bonchev–Trinajstić information content (AvgIpc) is 2.70. The predicted octanol–water partition coefficient (Wildman–Crippen LogP) is 3.25. The van der Waals surface area contributed by atoms with Crippen molar-refractivity contribution in [2.24, 2.45) is 0 Å². The molecule has 0 amide bonds. The van der Waals surface area contributed by atoms with E-state index in [0.29, 0.717) is 29.4 Å². The number of rotatable bonds is 9. The second kappa shape index (κ2) is 9.02. The summed E-state index contributed by atoms with van der Waals surface area (Å²) in [4.78, 5) is 12.8. The van der Waals surface area contributed by atoms with Gasteiger partial charge in [-0.25, -0.2) is 0 Å². The van der Waals surface area contributed by atoms with E-state index in [9.17, 15) is 9.90 Å². The summed E-state index contributed by atoms with van der Waals surface area (Å²) < 4.78 is 26.4. The Bertz CT molecular complexity index is 789. The van der Waals surface area contributed by atoms with Crippen molar-refractivity contribution in [2.45, 2.75) is 12.8 Å². The molecule has 2 aromatic carbocycles. The second-order valence-corrected chi connectivity index (χ2v) is 5.66. The largest absolute Gasteiger partial charge is 0.507 e. The lowest BCUT2D eigenvalue weighted by molar-refractivity contribution is 0.0976. The van der Waals surface area contributed by atoms with Crippen LogP contribution < -0.4 is 23.7 Å². The SMILES string of the molecule is COc1cc(OC)c(CCC(=O)c2c(O)cc(OC)cc2OC)c(OC)c1. The van der Waals surface area contributed by atoms with E-state index in [-0.39, 0.29) is 29.3 Å². The zero-order chi connectivity index (χ0) is 20.0. The first-order valence-electron chi connectivity index (χ1n) is 8.26. The summed E-state index contributed by atoms with van der Waals surface area (Å²) in [7, 11) is 7.53. The van der Waals surface area contributed by atoms with Crippen LogP contribution in [-0.2, 0) is 6.42 Å². The van der Waals surface area contributed by atoms with Gasteiger partial charge >= 0.3 is 0 Å². The van der Waals surface area contributed by atoms with Crippen molar-refractivity contribution in [2.75, 3.05) is 35.5 Å². The molecule has 0 saturated heterocycles. The summed E-state index contributed by atoms with van der Waals surface area (Å²) in [6.45, 7) is 0. The van der Waals surface area contributed by atoms with E-state index in [4.69, 9.17) is 23.7 Å². The van der Waals surface area contributed by atoms with Gasteiger partial charge in [0.25, 0.3) is 0 Å². The molecule has 0 spiro atoms. The number of carbonyl (C=O) groups excluding carboxylic acids is 1. The van der Waals surface area contributed by atoms with Crippen molar-refractivity contribution in [3.8, 4) is 34.5 Å². The van der Waals surface area contributed by atoms with E-state index >= 15 is 0 Å². The van der Waals surface area contributed by atoms with Gasteiger partial charge in [-0.1, -0.05) is 0 Å². The average molecular weight is 376 g/mol. The summed E-state index contributed by atoms with van der Waals surface area (Å²) in [6.07, 6.45) is 0.471. The van der Waals surface area contributed by atoms with Crippen molar-refractivity contribution >= 4 is 5.78 Å². The quantitative estimate of drug-likeness (QED) is 0.673. The Balaban J connectivity index is 2.31. The first-order chi connectivity index (χ1) is 13.0. The van der Waals surface area contributed by atoms with Gasteiger partial charge in [-0.2, -0.15) is 0 Å². The molecule has 0 aromatic heterocycles. The van der Waals surface area contributed by atoms with Crippen LogP contribution in [0.25, 0.3) is 0 Å². The Labute approximate surface area is 158 Å². The number of ether oxygens (including phenoxy) is 5. The van der Waals surface area contributed by atoms with E-state index < -0.39 is 0 Å². The van der Waals surface area contributed by atoms with Crippen LogP contribution in [0.4, 0.5) is 0 Å². The van der Waals surface area contributed by atoms with Crippen LogP contribution in [0, 0.1) is 0 Å². The van der Waals surface area contributed by atoms with E-state index in [0.717, 1.165) is 5.56 Å². The number of phenols is 1. The van der Waals surface area contributed by atoms with Crippen molar-refractivity contribution in [1.29, 1.82) is 0 Å². The van der Waals surface area contributed by atoms with E-state index in [1.165, 1.54) is 34.5 Å². The predicted molar refractivity (Wildman–Crippen MR) is 100.0 cm³/mol. The molecule has 27 heavy (non-hydrogen) atoms. The topological polar surface area (TPSA) is 83.5 Å². The van der Waals surface area contributed by atoms with Crippen LogP contribution in [0.5, 0.6) is 34.5 Å². The third-order valence-corrected chi connectivity index (χ3v) is 4.21. The molecule has 0 radical (unpaired) electrons. The Kier molecular flexibility index (Phi) is 6.76. The molecule has 2 rings (SSSR count). The van der Waals surface area contributed by atoms with Gasteiger partial charge in [0.05, 0.1) is 35.5 Å². The first-order valence-corrected chi connectivity index (χ1v) is 8.26. The molecular formula is C20H24O7. The summed E-state index contributed by atoms with van der Waals surface area (Å²) in [6, 6.07) is 6.40. The smallest absolute Gasteiger partial charge is 0.170 e. The molecule has 146 valence electrons. The standard InChI is InChI=1S/C20H24O7/c1-23-12-8-16(22)20(19(11-12)27-5)15(21)7-6-14-17(25-3)9-13(24-2)10-18(14)26-4/h8-11,22H,6-7H2,1-5H3. The highest BCUT2D eigenvalue weighted by atomic mass is 16.5. The van der Waals surface area contributed by atoms with E-state index in [1.807, 2.05) is 0 Å². The molecule has 0 saturated carbocycles. The van der Waals surface area contributed by atoms with Gasteiger partial charge in [0, 0.05) is 36.2 Å². The van der Waals surface area contributed by atoms with Gasteiger partial charge in [0.1, 0.15) is 40.1 Å². The minimum absolute atomic E-state index is 0.116. The Morgan fingerprint density at radius 3 is 1.74 bits per heavy atom. The number of Topliss-reactive ketones (excluding diaryl/α,β-unsaturated/α-hetero) is 1. The summed E-state index contributed by atoms with van der Waals surface area (Å²) >= 11 is 0. The molecule has 0 aliphatic rings. The Hall–Kier alpha value is -3.09. The molecule has 0 bridgehead atoms. The second-order valence-electron chi connectivity index (χ2n) is 5.66. The van der Waals surface area contributed by atoms with Crippen molar-refractivity contribution < 1.29 is 33.6 Å². The van der Waals surface area contributed by atoms with Gasteiger partial charge in [-0.05, 0) is 6.42 Å².